The van der Waals surface area contributed by atoms with Crippen molar-refractivity contribution in [2.24, 2.45) is 7.05 Å². The molecule has 0 saturated heterocycles. The van der Waals surface area contributed by atoms with Crippen LogP contribution in [0.2, 0.25) is 0 Å². The molecule has 0 amide bonds. The van der Waals surface area contributed by atoms with Gasteiger partial charge in [-0.3, -0.25) is 9.40 Å². The van der Waals surface area contributed by atoms with Gasteiger partial charge in [-0.05, 0) is 42.3 Å². The van der Waals surface area contributed by atoms with Crippen LogP contribution in [0, 0.1) is 5.82 Å². The van der Waals surface area contributed by atoms with Crippen LogP contribution in [-0.2, 0) is 23.2 Å². The van der Waals surface area contributed by atoms with Gasteiger partial charge in [0.2, 0.25) is 0 Å². The first kappa shape index (κ1) is 24.8. The normalized spacial score (nSPS) is 15.6. The Morgan fingerprint density at radius 1 is 1.03 bits per heavy atom. The van der Waals surface area contributed by atoms with Crippen LogP contribution in [0.4, 0.5) is 23.4 Å². The zero-order valence-corrected chi connectivity index (χ0v) is 20.1. The fourth-order valence-corrected chi connectivity index (χ4v) is 5.43. The third-order valence-electron chi connectivity index (χ3n) is 6.15. The summed E-state index contributed by atoms with van der Waals surface area (Å²) in [5, 5.41) is 4.10. The molecule has 4 aromatic rings. The summed E-state index contributed by atoms with van der Waals surface area (Å²) in [6.07, 6.45) is -1.40. The summed E-state index contributed by atoms with van der Waals surface area (Å²) in [5.41, 5.74) is 1.39. The molecule has 1 atom stereocenters. The van der Waals surface area contributed by atoms with Crippen LogP contribution in [0.25, 0.3) is 11.3 Å². The SMILES string of the molecule is Cn1nccc1-c1cc(C(F)(F)F)ccc1C1CCOc2cc(S(=O)(=O)Nc3cc(F)ccn3)ccc21. The number of rotatable bonds is 5. The lowest BCUT2D eigenvalue weighted by molar-refractivity contribution is -0.137. The molecule has 2 aromatic carbocycles. The van der Waals surface area contributed by atoms with E-state index in [0.717, 1.165) is 30.5 Å². The number of alkyl halides is 3. The van der Waals surface area contributed by atoms with E-state index in [1.165, 1.54) is 29.1 Å². The molecule has 1 aliphatic rings. The van der Waals surface area contributed by atoms with Crippen LogP contribution < -0.4 is 9.46 Å². The molecule has 192 valence electrons. The Morgan fingerprint density at radius 3 is 2.51 bits per heavy atom. The number of anilines is 1. The average Bonchev–Trinajstić information content (AvgIpc) is 3.27. The summed E-state index contributed by atoms with van der Waals surface area (Å²) in [7, 11) is -2.46. The number of sulfonamides is 1. The summed E-state index contributed by atoms with van der Waals surface area (Å²) < 4.78 is 89.3. The van der Waals surface area contributed by atoms with Crippen molar-refractivity contribution in [3.05, 3.63) is 89.5 Å². The zero-order chi connectivity index (χ0) is 26.4. The number of hydrogen-bond donors (Lipinski definition) is 1. The highest BCUT2D eigenvalue weighted by atomic mass is 32.2. The number of aryl methyl sites for hydroxylation is 1. The van der Waals surface area contributed by atoms with Gasteiger partial charge in [-0.1, -0.05) is 12.1 Å². The minimum Gasteiger partial charge on any atom is -0.493 e. The first-order valence-corrected chi connectivity index (χ1v) is 12.6. The molecule has 1 unspecified atom stereocenters. The van der Waals surface area contributed by atoms with Gasteiger partial charge < -0.3 is 4.74 Å². The molecule has 0 spiro atoms. The number of pyridine rings is 1. The molecule has 7 nitrogen and oxygen atoms in total. The maximum Gasteiger partial charge on any atom is 0.416 e. The molecule has 0 fully saturated rings. The fourth-order valence-electron chi connectivity index (χ4n) is 4.41. The number of nitrogens with zero attached hydrogens (tertiary/aromatic N) is 3. The van der Waals surface area contributed by atoms with E-state index in [9.17, 15) is 26.0 Å². The molecule has 2 aromatic heterocycles. The van der Waals surface area contributed by atoms with Crippen molar-refractivity contribution < 1.29 is 30.7 Å². The van der Waals surface area contributed by atoms with Gasteiger partial charge >= 0.3 is 6.18 Å². The van der Waals surface area contributed by atoms with Crippen LogP contribution >= 0.6 is 0 Å². The van der Waals surface area contributed by atoms with E-state index in [1.807, 2.05) is 0 Å². The molecule has 0 radical (unpaired) electrons. The number of hydrogen-bond acceptors (Lipinski definition) is 5. The maximum absolute atomic E-state index is 13.5. The summed E-state index contributed by atoms with van der Waals surface area (Å²) in [6, 6.07) is 11.6. The van der Waals surface area contributed by atoms with Crippen molar-refractivity contribution in [3.8, 4) is 17.0 Å². The second kappa shape index (κ2) is 9.18. The Hall–Kier alpha value is -3.93. The van der Waals surface area contributed by atoms with E-state index in [2.05, 4.69) is 14.8 Å². The minimum absolute atomic E-state index is 0.128. The van der Waals surface area contributed by atoms with Gasteiger partial charge in [0.05, 0.1) is 22.8 Å². The summed E-state index contributed by atoms with van der Waals surface area (Å²) >= 11 is 0. The van der Waals surface area contributed by atoms with E-state index in [-0.39, 0.29) is 23.2 Å². The number of fused-ring (bicyclic) bond motifs is 1. The maximum atomic E-state index is 13.5. The molecule has 0 bridgehead atoms. The van der Waals surface area contributed by atoms with Crippen molar-refractivity contribution in [1.29, 1.82) is 0 Å². The summed E-state index contributed by atoms with van der Waals surface area (Å²) in [4.78, 5) is 3.68. The Morgan fingerprint density at radius 2 is 1.81 bits per heavy atom. The van der Waals surface area contributed by atoms with Crippen LogP contribution in [-0.4, -0.2) is 29.8 Å². The molecule has 0 saturated carbocycles. The quantitative estimate of drug-likeness (QED) is 0.350. The van der Waals surface area contributed by atoms with Gasteiger partial charge in [0, 0.05) is 48.6 Å². The third-order valence-corrected chi connectivity index (χ3v) is 7.50. The fraction of sp³-hybridized carbons (Fsp3) is 0.200. The minimum atomic E-state index is -4.52. The smallest absolute Gasteiger partial charge is 0.416 e. The van der Waals surface area contributed by atoms with Gasteiger partial charge in [0.25, 0.3) is 10.0 Å². The Balaban J connectivity index is 1.55. The molecule has 0 aliphatic carbocycles. The Kier molecular flexibility index (Phi) is 6.14. The molecule has 1 aliphatic heterocycles. The highest BCUT2D eigenvalue weighted by Crippen LogP contribution is 2.44. The van der Waals surface area contributed by atoms with E-state index in [0.29, 0.717) is 34.6 Å². The molecule has 1 N–H and O–H groups in total. The molecule has 3 heterocycles. The molecular weight excluding hydrogens is 512 g/mol. The molecule has 5 rings (SSSR count). The molecule has 37 heavy (non-hydrogen) atoms. The van der Waals surface area contributed by atoms with Crippen molar-refractivity contribution in [2.45, 2.75) is 23.4 Å². The first-order valence-electron chi connectivity index (χ1n) is 11.1. The summed E-state index contributed by atoms with van der Waals surface area (Å²) in [5.74, 6) is -0.889. The highest BCUT2D eigenvalue weighted by Gasteiger charge is 2.33. The van der Waals surface area contributed by atoms with Crippen LogP contribution in [0.3, 0.4) is 0 Å². The van der Waals surface area contributed by atoms with Crippen molar-refractivity contribution >= 4 is 15.8 Å². The third kappa shape index (κ3) is 4.88. The topological polar surface area (TPSA) is 86.1 Å². The number of ether oxygens (including phenoxy) is 1. The first-order chi connectivity index (χ1) is 17.5. The van der Waals surface area contributed by atoms with Crippen molar-refractivity contribution in [1.82, 2.24) is 14.8 Å². The number of halogens is 4. The molecule has 12 heteroatoms. The van der Waals surface area contributed by atoms with Gasteiger partial charge in [0.1, 0.15) is 17.4 Å². The second-order valence-corrected chi connectivity index (χ2v) is 10.2. The Bertz CT molecular complexity index is 1590. The highest BCUT2D eigenvalue weighted by molar-refractivity contribution is 7.92. The van der Waals surface area contributed by atoms with Crippen molar-refractivity contribution in [3.63, 3.8) is 0 Å². The monoisotopic (exact) mass is 532 g/mol. The van der Waals surface area contributed by atoms with Gasteiger partial charge in [-0.15, -0.1) is 0 Å². The van der Waals surface area contributed by atoms with Gasteiger partial charge in [-0.2, -0.15) is 18.3 Å². The van der Waals surface area contributed by atoms with E-state index in [4.69, 9.17) is 4.74 Å². The zero-order valence-electron chi connectivity index (χ0n) is 19.3. The predicted molar refractivity (Wildman–Crippen MR) is 127 cm³/mol. The van der Waals surface area contributed by atoms with Gasteiger partial charge in [-0.25, -0.2) is 17.8 Å². The van der Waals surface area contributed by atoms with E-state index in [1.54, 1.807) is 19.2 Å². The number of nitrogens with one attached hydrogen (secondary N) is 1. The van der Waals surface area contributed by atoms with Gasteiger partial charge in [0.15, 0.2) is 0 Å². The van der Waals surface area contributed by atoms with Crippen LogP contribution in [0.5, 0.6) is 5.75 Å². The largest absolute Gasteiger partial charge is 0.493 e. The van der Waals surface area contributed by atoms with E-state index >= 15 is 0 Å². The predicted octanol–water partition coefficient (Wildman–Crippen LogP) is 5.36. The standard InChI is InChI=1S/C25H20F4N4O3S/c1-33-22(7-10-31-33)21-12-15(25(27,28)29)2-4-18(21)19-8-11-36-23-14-17(3-5-20(19)23)37(34,35)32-24-13-16(26)6-9-30-24/h2-7,9-10,12-14,19H,8,11H2,1H3,(H,30,32). The Labute approximate surface area is 209 Å². The number of benzene rings is 2. The van der Waals surface area contributed by atoms with Crippen LogP contribution in [0.15, 0.2) is 71.9 Å². The number of aromatic nitrogens is 3. The molecular formula is C25H20F4N4O3S. The van der Waals surface area contributed by atoms with E-state index < -0.39 is 27.6 Å². The van der Waals surface area contributed by atoms with Crippen LogP contribution in [0.1, 0.15) is 29.0 Å². The average molecular weight is 533 g/mol. The van der Waals surface area contributed by atoms with Crippen molar-refractivity contribution in [2.75, 3.05) is 11.3 Å². The lowest BCUT2D eigenvalue weighted by Crippen LogP contribution is -2.19. The summed E-state index contributed by atoms with van der Waals surface area (Å²) in [6.45, 7) is 0.228. The lowest BCUT2D eigenvalue weighted by Gasteiger charge is -2.28. The second-order valence-electron chi connectivity index (χ2n) is 8.49. The lowest BCUT2D eigenvalue weighted by atomic mass is 9.83.